The standard InChI is InChI=1S/C22H28FN3O3S/c1-17-9-10-20(16-21(17)23)30(28,29)25-19-8-5-7-18(15-19)22(27)24-11-6-14-26-12-3-2-4-13-26/h5,7-10,15-16,25H,2-4,6,11-14H2,1H3,(H,24,27). The Morgan fingerprint density at radius 3 is 2.60 bits per heavy atom. The highest BCUT2D eigenvalue weighted by molar-refractivity contribution is 7.92. The van der Waals surface area contributed by atoms with Crippen molar-refractivity contribution in [3.05, 3.63) is 59.4 Å². The van der Waals surface area contributed by atoms with Crippen LogP contribution in [0, 0.1) is 12.7 Å². The lowest BCUT2D eigenvalue weighted by molar-refractivity contribution is 0.0951. The number of amides is 1. The molecule has 0 aliphatic carbocycles. The molecule has 6 nitrogen and oxygen atoms in total. The minimum atomic E-state index is -3.96. The van der Waals surface area contributed by atoms with Gasteiger partial charge in [-0.15, -0.1) is 0 Å². The third kappa shape index (κ3) is 6.03. The highest BCUT2D eigenvalue weighted by Crippen LogP contribution is 2.19. The summed E-state index contributed by atoms with van der Waals surface area (Å²) in [5.41, 5.74) is 0.980. The van der Waals surface area contributed by atoms with Crippen LogP contribution < -0.4 is 10.0 Å². The lowest BCUT2D eigenvalue weighted by Crippen LogP contribution is -2.33. The van der Waals surface area contributed by atoms with Gasteiger partial charge < -0.3 is 10.2 Å². The molecule has 1 heterocycles. The van der Waals surface area contributed by atoms with Crippen LogP contribution in [-0.4, -0.2) is 45.4 Å². The number of nitrogens with zero attached hydrogens (tertiary/aromatic N) is 1. The van der Waals surface area contributed by atoms with E-state index in [1.54, 1.807) is 25.1 Å². The molecule has 0 spiro atoms. The normalized spacial score (nSPS) is 15.0. The number of carbonyl (C=O) groups is 1. The van der Waals surface area contributed by atoms with Crippen molar-refractivity contribution in [2.45, 2.75) is 37.5 Å². The fourth-order valence-electron chi connectivity index (χ4n) is 3.47. The predicted molar refractivity (Wildman–Crippen MR) is 116 cm³/mol. The molecule has 1 amide bonds. The van der Waals surface area contributed by atoms with Gasteiger partial charge >= 0.3 is 0 Å². The van der Waals surface area contributed by atoms with Crippen LogP contribution in [0.25, 0.3) is 0 Å². The summed E-state index contributed by atoms with van der Waals surface area (Å²) in [7, 11) is -3.96. The summed E-state index contributed by atoms with van der Waals surface area (Å²) >= 11 is 0. The van der Waals surface area contributed by atoms with Crippen LogP contribution >= 0.6 is 0 Å². The van der Waals surface area contributed by atoms with E-state index in [0.717, 1.165) is 32.1 Å². The molecular formula is C22H28FN3O3S. The summed E-state index contributed by atoms with van der Waals surface area (Å²) in [5, 5.41) is 2.88. The average Bonchev–Trinajstić information content (AvgIpc) is 2.73. The van der Waals surface area contributed by atoms with E-state index in [-0.39, 0.29) is 16.5 Å². The number of benzene rings is 2. The van der Waals surface area contributed by atoms with Crippen LogP contribution in [0.2, 0.25) is 0 Å². The SMILES string of the molecule is Cc1ccc(S(=O)(=O)Nc2cccc(C(=O)NCCCN3CCCCC3)c2)cc1F. The molecule has 1 saturated heterocycles. The monoisotopic (exact) mass is 433 g/mol. The maximum absolute atomic E-state index is 13.7. The number of sulfonamides is 1. The Morgan fingerprint density at radius 1 is 1.10 bits per heavy atom. The second kappa shape index (κ2) is 10.0. The molecule has 1 fully saturated rings. The van der Waals surface area contributed by atoms with Gasteiger partial charge in [0, 0.05) is 17.8 Å². The van der Waals surface area contributed by atoms with Gasteiger partial charge in [-0.3, -0.25) is 9.52 Å². The highest BCUT2D eigenvalue weighted by atomic mass is 32.2. The summed E-state index contributed by atoms with van der Waals surface area (Å²) in [6.45, 7) is 5.34. The van der Waals surface area contributed by atoms with Gasteiger partial charge in [0.1, 0.15) is 5.82 Å². The van der Waals surface area contributed by atoms with Crippen LogP contribution in [0.3, 0.4) is 0 Å². The van der Waals surface area contributed by atoms with E-state index in [4.69, 9.17) is 0 Å². The van der Waals surface area contributed by atoms with Crippen molar-refractivity contribution in [1.82, 2.24) is 10.2 Å². The first-order chi connectivity index (χ1) is 14.3. The van der Waals surface area contributed by atoms with Gasteiger partial charge in [-0.05, 0) is 81.7 Å². The van der Waals surface area contributed by atoms with E-state index in [1.165, 1.54) is 37.5 Å². The van der Waals surface area contributed by atoms with Gasteiger partial charge in [0.2, 0.25) is 0 Å². The summed E-state index contributed by atoms with van der Waals surface area (Å²) in [5.74, 6) is -0.841. The number of hydrogen-bond acceptors (Lipinski definition) is 4. The number of nitrogens with one attached hydrogen (secondary N) is 2. The molecule has 0 atom stereocenters. The first-order valence-electron chi connectivity index (χ1n) is 10.2. The molecule has 2 aromatic carbocycles. The number of halogens is 1. The lowest BCUT2D eigenvalue weighted by atomic mass is 10.1. The molecule has 0 radical (unpaired) electrons. The second-order valence-corrected chi connectivity index (χ2v) is 9.29. The van der Waals surface area contributed by atoms with Crippen LogP contribution in [0.5, 0.6) is 0 Å². The van der Waals surface area contributed by atoms with Crippen molar-refractivity contribution in [2.75, 3.05) is 30.9 Å². The van der Waals surface area contributed by atoms with E-state index in [1.807, 2.05) is 0 Å². The number of piperidine rings is 1. The summed E-state index contributed by atoms with van der Waals surface area (Å²) in [6, 6.07) is 10.0. The zero-order valence-corrected chi connectivity index (χ0v) is 18.0. The summed E-state index contributed by atoms with van der Waals surface area (Å²) < 4.78 is 41.2. The topological polar surface area (TPSA) is 78.5 Å². The molecule has 0 saturated carbocycles. The molecular weight excluding hydrogens is 405 g/mol. The van der Waals surface area contributed by atoms with Crippen molar-refractivity contribution < 1.29 is 17.6 Å². The van der Waals surface area contributed by atoms with Gasteiger partial charge in [0.25, 0.3) is 15.9 Å². The van der Waals surface area contributed by atoms with Gasteiger partial charge in [0.15, 0.2) is 0 Å². The average molecular weight is 434 g/mol. The van der Waals surface area contributed by atoms with Gasteiger partial charge in [-0.25, -0.2) is 12.8 Å². The van der Waals surface area contributed by atoms with Gasteiger partial charge in [-0.1, -0.05) is 18.6 Å². The molecule has 0 unspecified atom stereocenters. The van der Waals surface area contributed by atoms with Crippen LogP contribution in [-0.2, 0) is 10.0 Å². The number of aryl methyl sites for hydroxylation is 1. The van der Waals surface area contributed by atoms with E-state index in [2.05, 4.69) is 14.9 Å². The predicted octanol–water partition coefficient (Wildman–Crippen LogP) is 3.54. The number of carbonyl (C=O) groups excluding carboxylic acids is 1. The minimum absolute atomic E-state index is 0.168. The Bertz CT molecular complexity index is 989. The van der Waals surface area contributed by atoms with Gasteiger partial charge in [0.05, 0.1) is 4.90 Å². The van der Waals surface area contributed by atoms with Crippen LogP contribution in [0.15, 0.2) is 47.4 Å². The van der Waals surface area contributed by atoms with E-state index in [9.17, 15) is 17.6 Å². The van der Waals surface area contributed by atoms with E-state index in [0.29, 0.717) is 17.7 Å². The highest BCUT2D eigenvalue weighted by Gasteiger charge is 2.17. The summed E-state index contributed by atoms with van der Waals surface area (Å²) in [4.78, 5) is 14.7. The molecule has 2 aromatic rings. The Balaban J connectivity index is 1.56. The third-order valence-corrected chi connectivity index (χ3v) is 6.59. The molecule has 1 aliphatic rings. The zero-order chi connectivity index (χ0) is 21.6. The third-order valence-electron chi connectivity index (χ3n) is 5.22. The fraction of sp³-hybridized carbons (Fsp3) is 0.409. The Hall–Kier alpha value is -2.45. The van der Waals surface area contributed by atoms with E-state index < -0.39 is 15.8 Å². The molecule has 30 heavy (non-hydrogen) atoms. The van der Waals surface area contributed by atoms with Crippen molar-refractivity contribution in [2.24, 2.45) is 0 Å². The lowest BCUT2D eigenvalue weighted by Gasteiger charge is -2.26. The second-order valence-electron chi connectivity index (χ2n) is 7.61. The zero-order valence-electron chi connectivity index (χ0n) is 17.2. The number of anilines is 1. The first kappa shape index (κ1) is 22.2. The Kier molecular flexibility index (Phi) is 7.44. The number of rotatable bonds is 8. The maximum Gasteiger partial charge on any atom is 0.261 e. The van der Waals surface area contributed by atoms with Crippen LogP contribution in [0.1, 0.15) is 41.6 Å². The molecule has 3 rings (SSSR count). The first-order valence-corrected chi connectivity index (χ1v) is 11.7. The number of hydrogen-bond donors (Lipinski definition) is 2. The molecule has 8 heteroatoms. The molecule has 1 aliphatic heterocycles. The molecule has 2 N–H and O–H groups in total. The largest absolute Gasteiger partial charge is 0.352 e. The van der Waals surface area contributed by atoms with Crippen molar-refractivity contribution >= 4 is 21.6 Å². The smallest absolute Gasteiger partial charge is 0.261 e. The summed E-state index contributed by atoms with van der Waals surface area (Å²) in [6.07, 6.45) is 4.65. The fourth-order valence-corrected chi connectivity index (χ4v) is 4.53. The van der Waals surface area contributed by atoms with Crippen molar-refractivity contribution in [1.29, 1.82) is 0 Å². The minimum Gasteiger partial charge on any atom is -0.352 e. The molecule has 0 aromatic heterocycles. The quantitative estimate of drug-likeness (QED) is 0.624. The Morgan fingerprint density at radius 2 is 1.87 bits per heavy atom. The van der Waals surface area contributed by atoms with Gasteiger partial charge in [-0.2, -0.15) is 0 Å². The van der Waals surface area contributed by atoms with E-state index >= 15 is 0 Å². The molecule has 0 bridgehead atoms. The molecule has 162 valence electrons. The van der Waals surface area contributed by atoms with Crippen molar-refractivity contribution in [3.63, 3.8) is 0 Å². The Labute approximate surface area is 177 Å². The number of likely N-dealkylation sites (tertiary alicyclic amines) is 1. The van der Waals surface area contributed by atoms with Crippen molar-refractivity contribution in [3.8, 4) is 0 Å². The van der Waals surface area contributed by atoms with Crippen LogP contribution in [0.4, 0.5) is 10.1 Å². The maximum atomic E-state index is 13.7.